The third kappa shape index (κ3) is 4.85. The van der Waals surface area contributed by atoms with Crippen molar-refractivity contribution in [1.29, 1.82) is 5.26 Å². The van der Waals surface area contributed by atoms with E-state index in [-0.39, 0.29) is 12.5 Å². The summed E-state index contributed by atoms with van der Waals surface area (Å²) < 4.78 is 5.97. The van der Waals surface area contributed by atoms with Crippen LogP contribution >= 0.6 is 50.9 Å². The van der Waals surface area contributed by atoms with Gasteiger partial charge in [0.05, 0.1) is 25.1 Å². The van der Waals surface area contributed by atoms with E-state index in [0.717, 1.165) is 5.56 Å². The minimum Gasteiger partial charge on any atom is -0.478 e. The number of nitriles is 1. The van der Waals surface area contributed by atoms with Crippen molar-refractivity contribution in [2.24, 2.45) is 4.99 Å². The van der Waals surface area contributed by atoms with Crippen molar-refractivity contribution in [3.05, 3.63) is 61.4 Å². The van der Waals surface area contributed by atoms with Crippen molar-refractivity contribution < 1.29 is 9.53 Å². The van der Waals surface area contributed by atoms with Crippen molar-refractivity contribution in [3.8, 4) is 11.8 Å². The molecule has 1 amide bonds. The predicted octanol–water partition coefficient (Wildman–Crippen LogP) is 5.55. The van der Waals surface area contributed by atoms with Gasteiger partial charge in [-0.2, -0.15) is 5.26 Å². The second-order valence-corrected chi connectivity index (χ2v) is 7.86. The van der Waals surface area contributed by atoms with Gasteiger partial charge in [0.1, 0.15) is 11.8 Å². The third-order valence-electron chi connectivity index (χ3n) is 3.35. The lowest BCUT2D eigenvalue weighted by atomic mass is 10.2. The quantitative estimate of drug-likeness (QED) is 0.579. The molecule has 1 heterocycles. The summed E-state index contributed by atoms with van der Waals surface area (Å²) in [5.74, 6) is 0.304. The Kier molecular flexibility index (Phi) is 6.45. The SMILES string of the molecule is N#CCOc1ccc(/C=C2\SC(=Nc3cccc(Cl)c3Cl)NC2=O)cc1Br. The van der Waals surface area contributed by atoms with Gasteiger partial charge in [-0.1, -0.05) is 35.3 Å². The first-order chi connectivity index (χ1) is 13.0. The highest BCUT2D eigenvalue weighted by Crippen LogP contribution is 2.35. The van der Waals surface area contributed by atoms with Crippen LogP contribution in [0.15, 0.2) is 50.8 Å². The van der Waals surface area contributed by atoms with Gasteiger partial charge in [-0.25, -0.2) is 4.99 Å². The highest BCUT2D eigenvalue weighted by Gasteiger charge is 2.24. The van der Waals surface area contributed by atoms with E-state index >= 15 is 0 Å². The van der Waals surface area contributed by atoms with E-state index in [9.17, 15) is 4.79 Å². The number of rotatable bonds is 4. The zero-order chi connectivity index (χ0) is 19.4. The summed E-state index contributed by atoms with van der Waals surface area (Å²) in [5.41, 5.74) is 1.28. The van der Waals surface area contributed by atoms with Crippen molar-refractivity contribution >= 4 is 73.7 Å². The number of aliphatic imine (C=N–C) groups is 1. The van der Waals surface area contributed by atoms with E-state index in [0.29, 0.717) is 36.0 Å². The first-order valence-electron chi connectivity index (χ1n) is 7.51. The van der Waals surface area contributed by atoms with Crippen molar-refractivity contribution in [3.63, 3.8) is 0 Å². The Balaban J connectivity index is 1.81. The van der Waals surface area contributed by atoms with Crippen LogP contribution in [0.4, 0.5) is 5.69 Å². The molecule has 0 spiro atoms. The monoisotopic (exact) mass is 481 g/mol. The molecule has 0 bridgehead atoms. The summed E-state index contributed by atoms with van der Waals surface area (Å²) in [6.07, 6.45) is 1.74. The van der Waals surface area contributed by atoms with Crippen LogP contribution in [0.5, 0.6) is 5.75 Å². The fourth-order valence-electron chi connectivity index (χ4n) is 2.15. The molecule has 136 valence electrons. The van der Waals surface area contributed by atoms with Crippen molar-refractivity contribution in [2.75, 3.05) is 6.61 Å². The van der Waals surface area contributed by atoms with E-state index in [1.54, 1.807) is 42.5 Å². The molecule has 27 heavy (non-hydrogen) atoms. The molecular weight excluding hydrogens is 473 g/mol. The number of nitrogens with one attached hydrogen (secondary N) is 1. The Morgan fingerprint density at radius 1 is 1.33 bits per heavy atom. The van der Waals surface area contributed by atoms with Gasteiger partial charge in [-0.15, -0.1) is 0 Å². The van der Waals surface area contributed by atoms with Crippen LogP contribution in [0.1, 0.15) is 5.56 Å². The van der Waals surface area contributed by atoms with E-state index in [4.69, 9.17) is 33.2 Å². The van der Waals surface area contributed by atoms with Gasteiger partial charge < -0.3 is 10.1 Å². The molecule has 2 aromatic carbocycles. The molecule has 5 nitrogen and oxygen atoms in total. The van der Waals surface area contributed by atoms with Gasteiger partial charge in [0.15, 0.2) is 11.8 Å². The Labute approximate surface area is 178 Å². The zero-order valence-corrected chi connectivity index (χ0v) is 17.4. The van der Waals surface area contributed by atoms with Crippen LogP contribution in [0.25, 0.3) is 6.08 Å². The van der Waals surface area contributed by atoms with Gasteiger partial charge in [0, 0.05) is 0 Å². The molecule has 0 saturated carbocycles. The van der Waals surface area contributed by atoms with E-state index in [2.05, 4.69) is 26.2 Å². The minimum absolute atomic E-state index is 0.0385. The fraction of sp³-hybridized carbons (Fsp3) is 0.0556. The lowest BCUT2D eigenvalue weighted by Crippen LogP contribution is -2.19. The van der Waals surface area contributed by atoms with E-state index in [1.165, 1.54) is 11.8 Å². The molecule has 1 aliphatic rings. The van der Waals surface area contributed by atoms with E-state index in [1.807, 2.05) is 6.07 Å². The Bertz CT molecular complexity index is 1020. The smallest absolute Gasteiger partial charge is 0.264 e. The number of amides is 1. The highest BCUT2D eigenvalue weighted by atomic mass is 79.9. The number of nitrogens with zero attached hydrogens (tertiary/aromatic N) is 2. The Hall–Kier alpha value is -1.98. The summed E-state index contributed by atoms with van der Waals surface area (Å²) in [7, 11) is 0. The first-order valence-corrected chi connectivity index (χ1v) is 9.87. The van der Waals surface area contributed by atoms with Crippen molar-refractivity contribution in [1.82, 2.24) is 5.32 Å². The number of benzene rings is 2. The summed E-state index contributed by atoms with van der Waals surface area (Å²) in [6.45, 7) is -0.0385. The molecule has 1 saturated heterocycles. The summed E-state index contributed by atoms with van der Waals surface area (Å²) in [6, 6.07) is 12.4. The molecule has 0 aliphatic carbocycles. The maximum Gasteiger partial charge on any atom is 0.264 e. The zero-order valence-electron chi connectivity index (χ0n) is 13.5. The maximum absolute atomic E-state index is 12.2. The normalized spacial score (nSPS) is 16.4. The Morgan fingerprint density at radius 2 is 2.15 bits per heavy atom. The molecule has 0 unspecified atom stereocenters. The number of halogens is 3. The van der Waals surface area contributed by atoms with Crippen molar-refractivity contribution in [2.45, 2.75) is 0 Å². The lowest BCUT2D eigenvalue weighted by Gasteiger charge is -2.05. The average molecular weight is 483 g/mol. The molecule has 0 atom stereocenters. The van der Waals surface area contributed by atoms with Crippen LogP contribution in [0.2, 0.25) is 10.0 Å². The van der Waals surface area contributed by atoms with Crippen LogP contribution in [0, 0.1) is 11.3 Å². The summed E-state index contributed by atoms with van der Waals surface area (Å²) in [5, 5.41) is 12.4. The molecule has 1 fully saturated rings. The van der Waals surface area contributed by atoms with Gasteiger partial charge in [0.2, 0.25) is 0 Å². The molecule has 0 aromatic heterocycles. The van der Waals surface area contributed by atoms with Gasteiger partial charge in [-0.3, -0.25) is 4.79 Å². The Morgan fingerprint density at radius 3 is 2.89 bits per heavy atom. The second kappa shape index (κ2) is 8.81. The minimum atomic E-state index is -0.252. The number of carbonyl (C=O) groups is 1. The second-order valence-electron chi connectivity index (χ2n) is 5.19. The molecule has 9 heteroatoms. The molecule has 1 aliphatic heterocycles. The predicted molar refractivity (Wildman–Crippen MR) is 113 cm³/mol. The number of hydrogen-bond acceptors (Lipinski definition) is 5. The number of hydrogen-bond donors (Lipinski definition) is 1. The maximum atomic E-state index is 12.2. The largest absolute Gasteiger partial charge is 0.478 e. The molecule has 3 rings (SSSR count). The van der Waals surface area contributed by atoms with E-state index < -0.39 is 0 Å². The molecular formula is C18H10BrCl2N3O2S. The number of ether oxygens (including phenoxy) is 1. The van der Waals surface area contributed by atoms with Crippen LogP contribution in [0.3, 0.4) is 0 Å². The van der Waals surface area contributed by atoms with Crippen LogP contribution < -0.4 is 10.1 Å². The molecule has 1 N–H and O–H groups in total. The van der Waals surface area contributed by atoms with Gasteiger partial charge in [-0.05, 0) is 63.6 Å². The van der Waals surface area contributed by atoms with Crippen LogP contribution in [-0.2, 0) is 4.79 Å². The number of amidine groups is 1. The molecule has 2 aromatic rings. The summed E-state index contributed by atoms with van der Waals surface area (Å²) in [4.78, 5) is 17.1. The average Bonchev–Trinajstić information content (AvgIpc) is 2.97. The highest BCUT2D eigenvalue weighted by molar-refractivity contribution is 9.10. The topological polar surface area (TPSA) is 74.5 Å². The van der Waals surface area contributed by atoms with Crippen LogP contribution in [-0.4, -0.2) is 17.7 Å². The fourth-order valence-corrected chi connectivity index (χ4v) is 3.84. The van der Waals surface area contributed by atoms with Gasteiger partial charge >= 0.3 is 0 Å². The lowest BCUT2D eigenvalue weighted by molar-refractivity contribution is -0.115. The number of thioether (sulfide) groups is 1. The standard InChI is InChI=1S/C18H10BrCl2N3O2S/c19-11-8-10(4-5-14(11)26-7-6-22)9-15-17(25)24-18(27-15)23-13-3-1-2-12(20)16(13)21/h1-5,8-9H,7H2,(H,23,24,25)/b15-9-. The first kappa shape index (κ1) is 19.8. The summed E-state index contributed by atoms with van der Waals surface area (Å²) >= 11 is 16.7. The van der Waals surface area contributed by atoms with Gasteiger partial charge in [0.25, 0.3) is 5.91 Å². The molecule has 0 radical (unpaired) electrons. The number of carbonyl (C=O) groups excluding carboxylic acids is 1. The third-order valence-corrected chi connectivity index (χ3v) is 5.69.